The van der Waals surface area contributed by atoms with Crippen LogP contribution in [0, 0.1) is 11.7 Å². The summed E-state index contributed by atoms with van der Waals surface area (Å²) < 4.78 is 53.6. The fraction of sp³-hybridized carbons (Fsp3) is 0.467. The number of likely N-dealkylation sites (tertiary alicyclic amines) is 2. The molecule has 2 aromatic rings. The highest BCUT2D eigenvalue weighted by molar-refractivity contribution is 9.10. The first-order valence-electron chi connectivity index (χ1n) is 14.3. The third-order valence-electron chi connectivity index (χ3n) is 8.08. The van der Waals surface area contributed by atoms with E-state index in [4.69, 9.17) is 5.73 Å². The first-order valence-corrected chi connectivity index (χ1v) is 15.1. The number of primary amides is 3. The Morgan fingerprint density at radius 1 is 0.978 bits per heavy atom. The molecule has 0 radical (unpaired) electrons. The van der Waals surface area contributed by atoms with Crippen molar-refractivity contribution in [3.63, 3.8) is 0 Å². The molecule has 4 amide bonds. The largest absolute Gasteiger partial charge is 0.416 e. The van der Waals surface area contributed by atoms with Crippen LogP contribution >= 0.6 is 15.9 Å². The molecule has 2 heterocycles. The maximum atomic E-state index is 13.6. The van der Waals surface area contributed by atoms with E-state index in [1.165, 1.54) is 23.1 Å². The molecule has 0 spiro atoms. The second-order valence-electron chi connectivity index (χ2n) is 11.3. The molecule has 0 saturated carbocycles. The minimum Gasteiger partial charge on any atom is -0.369 e. The Labute approximate surface area is 267 Å². The van der Waals surface area contributed by atoms with Gasteiger partial charge in [0.25, 0.3) is 5.91 Å². The summed E-state index contributed by atoms with van der Waals surface area (Å²) in [6.07, 6.45) is -2.28. The molecule has 6 N–H and O–H groups in total. The standard InChI is InChI=1S/C28H33BrF4N4O2.C2H4N2O2/c1-35(27(39)21-12-22(28(31,32)33)14-23(29)13-21)15-20(18-2-4-24(30)5-3-18)6-9-36-16-25(17-36)37-10-7-19(8-11-37)26(34)38;3-1(5)2(4)6/h2-5,12-14,19-20,25H,6-11,15-17H2,1H3,(H2,34,38);(H2,3,5)(H2,4,6)/t20-;/m1./s1. The van der Waals surface area contributed by atoms with Crippen molar-refractivity contribution in [1.29, 1.82) is 0 Å². The maximum absolute atomic E-state index is 13.6. The Kier molecular flexibility index (Phi) is 12.5. The normalized spacial score (nSPS) is 17.0. The molecule has 2 aromatic carbocycles. The zero-order valence-electron chi connectivity index (χ0n) is 24.7. The van der Waals surface area contributed by atoms with Crippen molar-refractivity contribution in [1.82, 2.24) is 14.7 Å². The molecule has 1 atom stereocenters. The lowest BCUT2D eigenvalue weighted by Crippen LogP contribution is -2.61. The molecule has 2 aliphatic rings. The minimum atomic E-state index is -4.57. The van der Waals surface area contributed by atoms with Crippen molar-refractivity contribution < 1.29 is 36.7 Å². The third-order valence-corrected chi connectivity index (χ3v) is 8.54. The second kappa shape index (κ2) is 15.6. The van der Waals surface area contributed by atoms with Gasteiger partial charge in [-0.2, -0.15) is 13.2 Å². The summed E-state index contributed by atoms with van der Waals surface area (Å²) in [6, 6.07) is 9.77. The molecular formula is C30H37BrF4N6O4. The van der Waals surface area contributed by atoms with Crippen LogP contribution in [-0.4, -0.2) is 90.7 Å². The van der Waals surface area contributed by atoms with Crippen LogP contribution in [0.5, 0.6) is 0 Å². The minimum absolute atomic E-state index is 0.0364. The zero-order chi connectivity index (χ0) is 33.5. The van der Waals surface area contributed by atoms with Gasteiger partial charge in [0.1, 0.15) is 5.82 Å². The highest BCUT2D eigenvalue weighted by Gasteiger charge is 2.35. The predicted octanol–water partition coefficient (Wildman–Crippen LogP) is 2.69. The van der Waals surface area contributed by atoms with Crippen molar-refractivity contribution in [3.8, 4) is 0 Å². The van der Waals surface area contributed by atoms with Crippen LogP contribution in [0.15, 0.2) is 46.9 Å². The lowest BCUT2D eigenvalue weighted by molar-refractivity contribution is -0.137. The average molecular weight is 702 g/mol. The van der Waals surface area contributed by atoms with E-state index < -0.39 is 29.5 Å². The zero-order valence-corrected chi connectivity index (χ0v) is 26.3. The highest BCUT2D eigenvalue weighted by Crippen LogP contribution is 2.33. The summed E-state index contributed by atoms with van der Waals surface area (Å²) in [7, 11) is 1.57. The van der Waals surface area contributed by atoms with Crippen LogP contribution < -0.4 is 17.2 Å². The number of nitrogens with zero attached hydrogens (tertiary/aromatic N) is 3. The van der Waals surface area contributed by atoms with Gasteiger partial charge in [-0.3, -0.25) is 24.1 Å². The maximum Gasteiger partial charge on any atom is 0.416 e. The summed E-state index contributed by atoms with van der Waals surface area (Å²) >= 11 is 3.08. The molecule has 246 valence electrons. The van der Waals surface area contributed by atoms with Crippen LogP contribution in [0.25, 0.3) is 0 Å². The lowest BCUT2D eigenvalue weighted by atomic mass is 9.92. The number of hydrogen-bond acceptors (Lipinski definition) is 6. The van der Waals surface area contributed by atoms with Gasteiger partial charge >= 0.3 is 18.0 Å². The van der Waals surface area contributed by atoms with Gasteiger partial charge in [0.2, 0.25) is 5.91 Å². The summed E-state index contributed by atoms with van der Waals surface area (Å²) in [5.41, 5.74) is 14.0. The van der Waals surface area contributed by atoms with Crippen LogP contribution in [0.2, 0.25) is 0 Å². The molecule has 2 aliphatic heterocycles. The topological polar surface area (TPSA) is 156 Å². The summed E-state index contributed by atoms with van der Waals surface area (Å²) in [4.78, 5) is 49.6. The van der Waals surface area contributed by atoms with E-state index in [-0.39, 0.29) is 40.1 Å². The van der Waals surface area contributed by atoms with E-state index in [0.29, 0.717) is 12.5 Å². The van der Waals surface area contributed by atoms with E-state index in [1.807, 2.05) is 0 Å². The highest BCUT2D eigenvalue weighted by atomic mass is 79.9. The van der Waals surface area contributed by atoms with Gasteiger partial charge in [-0.25, -0.2) is 4.39 Å². The van der Waals surface area contributed by atoms with Gasteiger partial charge in [-0.05, 0) is 74.8 Å². The van der Waals surface area contributed by atoms with E-state index in [2.05, 4.69) is 37.2 Å². The number of likely N-dealkylation sites (N-methyl/N-ethyl adjacent to an activating group) is 1. The Balaban J connectivity index is 0.000000838. The number of carbonyl (C=O) groups is 4. The fourth-order valence-corrected chi connectivity index (χ4v) is 5.95. The number of halogens is 5. The summed E-state index contributed by atoms with van der Waals surface area (Å²) in [6.45, 7) is 4.59. The molecular weight excluding hydrogens is 664 g/mol. The molecule has 10 nitrogen and oxygen atoms in total. The number of nitrogens with two attached hydrogens (primary N) is 3. The van der Waals surface area contributed by atoms with Gasteiger partial charge in [-0.1, -0.05) is 28.1 Å². The van der Waals surface area contributed by atoms with Crippen LogP contribution in [-0.2, 0) is 20.6 Å². The smallest absolute Gasteiger partial charge is 0.369 e. The average Bonchev–Trinajstić information content (AvgIpc) is 2.95. The van der Waals surface area contributed by atoms with Crippen molar-refractivity contribution in [2.24, 2.45) is 23.1 Å². The van der Waals surface area contributed by atoms with Gasteiger partial charge in [-0.15, -0.1) is 0 Å². The molecule has 0 bridgehead atoms. The van der Waals surface area contributed by atoms with Crippen molar-refractivity contribution in [2.45, 2.75) is 37.4 Å². The van der Waals surface area contributed by atoms with Gasteiger partial charge < -0.3 is 27.0 Å². The third kappa shape index (κ3) is 10.5. The number of amides is 4. The quantitative estimate of drug-likeness (QED) is 0.270. The fourth-order valence-electron chi connectivity index (χ4n) is 5.45. The van der Waals surface area contributed by atoms with Gasteiger partial charge in [0, 0.05) is 54.6 Å². The van der Waals surface area contributed by atoms with E-state index in [0.717, 1.165) is 63.3 Å². The second-order valence-corrected chi connectivity index (χ2v) is 12.2. The molecule has 2 fully saturated rings. The molecule has 0 aliphatic carbocycles. The molecule has 15 heteroatoms. The Morgan fingerprint density at radius 2 is 1.56 bits per heavy atom. The van der Waals surface area contributed by atoms with Crippen molar-refractivity contribution in [3.05, 3.63) is 69.4 Å². The molecule has 45 heavy (non-hydrogen) atoms. The Bertz CT molecular complexity index is 1350. The van der Waals surface area contributed by atoms with Crippen LogP contribution in [0.1, 0.15) is 46.7 Å². The summed E-state index contributed by atoms with van der Waals surface area (Å²) in [5.74, 6) is -3.46. The van der Waals surface area contributed by atoms with Crippen LogP contribution in [0.4, 0.5) is 17.6 Å². The predicted molar refractivity (Wildman–Crippen MR) is 162 cm³/mol. The molecule has 2 saturated heterocycles. The number of carbonyl (C=O) groups excluding carboxylic acids is 4. The summed E-state index contributed by atoms with van der Waals surface area (Å²) in [5, 5.41) is 0. The monoisotopic (exact) mass is 700 g/mol. The number of rotatable bonds is 9. The van der Waals surface area contributed by atoms with E-state index >= 15 is 0 Å². The first kappa shape index (κ1) is 35.9. The van der Waals surface area contributed by atoms with E-state index in [9.17, 15) is 36.7 Å². The van der Waals surface area contributed by atoms with Crippen LogP contribution in [0.3, 0.4) is 0 Å². The number of alkyl halides is 3. The first-order chi connectivity index (χ1) is 21.0. The number of benzene rings is 2. The lowest BCUT2D eigenvalue weighted by Gasteiger charge is -2.47. The van der Waals surface area contributed by atoms with E-state index in [1.54, 1.807) is 19.2 Å². The SMILES string of the molecule is CN(C[C@@H](CCN1CC(N2CCC(C(N)=O)CC2)C1)c1ccc(F)cc1)C(=O)c1cc(Br)cc(C(F)(F)F)c1.NC(=O)C(N)=O. The van der Waals surface area contributed by atoms with Crippen molar-refractivity contribution in [2.75, 3.05) is 46.3 Å². The number of piperidine rings is 1. The van der Waals surface area contributed by atoms with Crippen molar-refractivity contribution >= 4 is 39.6 Å². The Hall–Kier alpha value is -3.56. The number of hydrogen-bond donors (Lipinski definition) is 3. The molecule has 4 rings (SSSR count). The Morgan fingerprint density at radius 3 is 2.07 bits per heavy atom. The molecule has 0 aromatic heterocycles. The molecule has 0 unspecified atom stereocenters. The van der Waals surface area contributed by atoms with Gasteiger partial charge in [0.15, 0.2) is 0 Å². The van der Waals surface area contributed by atoms with Gasteiger partial charge in [0.05, 0.1) is 5.56 Å².